The maximum absolute atomic E-state index is 12.7. The van der Waals surface area contributed by atoms with Gasteiger partial charge in [-0.15, -0.1) is 0 Å². The molecule has 0 aliphatic carbocycles. The molecule has 1 heterocycles. The molecule has 1 amide bonds. The third kappa shape index (κ3) is 3.88. The zero-order chi connectivity index (χ0) is 16.1. The Bertz CT molecular complexity index is 823. The maximum Gasteiger partial charge on any atom is 0.328 e. The quantitative estimate of drug-likeness (QED) is 0.452. The molecule has 114 valence electrons. The van der Waals surface area contributed by atoms with E-state index in [4.69, 9.17) is 0 Å². The number of halogens is 1. The summed E-state index contributed by atoms with van der Waals surface area (Å²) in [5.41, 5.74) is 0.712. The summed E-state index contributed by atoms with van der Waals surface area (Å²) in [6, 6.07) is 5.36. The van der Waals surface area contributed by atoms with Crippen molar-refractivity contribution in [3.63, 3.8) is 0 Å². The molecule has 0 atom stereocenters. The zero-order valence-electron chi connectivity index (χ0n) is 11.1. The van der Waals surface area contributed by atoms with Gasteiger partial charge in [-0.05, 0) is 17.7 Å². The number of carbonyl (C=O) groups is 1. The van der Waals surface area contributed by atoms with Gasteiger partial charge in [0.2, 0.25) is 11.8 Å². The van der Waals surface area contributed by atoms with Crippen LogP contribution in [0.15, 0.2) is 39.0 Å². The van der Waals surface area contributed by atoms with E-state index in [1.807, 2.05) is 9.97 Å². The van der Waals surface area contributed by atoms with E-state index in [1.54, 1.807) is 0 Å². The molecule has 1 aromatic carbocycles. The Hall–Kier alpha value is -3.23. The Morgan fingerprint density at radius 1 is 1.27 bits per heavy atom. The summed E-state index contributed by atoms with van der Waals surface area (Å²) in [5, 5.41) is 12.9. The SMILES string of the molecule is O=C(Cc1ccc(F)cc1)N/N=C/c1c(O)[nH]c(=O)[nH]c1=O. The van der Waals surface area contributed by atoms with Crippen LogP contribution in [-0.2, 0) is 11.2 Å². The van der Waals surface area contributed by atoms with Crippen LogP contribution in [0.3, 0.4) is 0 Å². The second-order valence-corrected chi connectivity index (χ2v) is 4.27. The van der Waals surface area contributed by atoms with Crippen LogP contribution >= 0.6 is 0 Å². The van der Waals surface area contributed by atoms with Crippen molar-refractivity contribution in [1.82, 2.24) is 15.4 Å². The van der Waals surface area contributed by atoms with E-state index >= 15 is 0 Å². The third-order valence-electron chi connectivity index (χ3n) is 2.62. The summed E-state index contributed by atoms with van der Waals surface area (Å²) < 4.78 is 12.7. The second kappa shape index (κ2) is 6.48. The van der Waals surface area contributed by atoms with E-state index in [-0.39, 0.29) is 12.0 Å². The van der Waals surface area contributed by atoms with E-state index < -0.39 is 28.9 Å². The summed E-state index contributed by atoms with van der Waals surface area (Å²) in [6.45, 7) is 0. The molecular formula is C13H11FN4O4. The Labute approximate surface area is 122 Å². The van der Waals surface area contributed by atoms with E-state index in [0.717, 1.165) is 6.21 Å². The smallest absolute Gasteiger partial charge is 0.328 e. The molecule has 0 saturated heterocycles. The molecule has 0 bridgehead atoms. The number of nitrogens with one attached hydrogen (secondary N) is 3. The standard InChI is InChI=1S/C13H11FN4O4/c14-8-3-1-7(2-4-8)5-10(19)18-15-6-9-11(20)16-13(22)17-12(9)21/h1-4,6H,5H2,(H,18,19)(H3,16,17,20,21,22)/b15-6+. The van der Waals surface area contributed by atoms with Crippen molar-refractivity contribution in [2.45, 2.75) is 6.42 Å². The van der Waals surface area contributed by atoms with Gasteiger partial charge in [-0.3, -0.25) is 19.6 Å². The molecule has 0 fully saturated rings. The molecule has 22 heavy (non-hydrogen) atoms. The molecule has 0 radical (unpaired) electrons. The van der Waals surface area contributed by atoms with Crippen molar-refractivity contribution in [3.05, 3.63) is 62.0 Å². The van der Waals surface area contributed by atoms with Crippen LogP contribution < -0.4 is 16.7 Å². The van der Waals surface area contributed by atoms with Gasteiger partial charge in [-0.25, -0.2) is 14.6 Å². The van der Waals surface area contributed by atoms with E-state index in [2.05, 4.69) is 10.5 Å². The highest BCUT2D eigenvalue weighted by Crippen LogP contribution is 2.03. The van der Waals surface area contributed by atoms with Gasteiger partial charge in [0, 0.05) is 0 Å². The fraction of sp³-hybridized carbons (Fsp3) is 0.0769. The van der Waals surface area contributed by atoms with Gasteiger partial charge in [-0.1, -0.05) is 12.1 Å². The number of hydrogen-bond acceptors (Lipinski definition) is 5. The number of benzene rings is 1. The van der Waals surface area contributed by atoms with Crippen molar-refractivity contribution >= 4 is 12.1 Å². The van der Waals surface area contributed by atoms with Gasteiger partial charge in [0.05, 0.1) is 12.6 Å². The molecule has 0 aliphatic rings. The van der Waals surface area contributed by atoms with E-state index in [1.165, 1.54) is 24.3 Å². The summed E-state index contributed by atoms with van der Waals surface area (Å²) in [6.07, 6.45) is 0.859. The van der Waals surface area contributed by atoms with Crippen molar-refractivity contribution in [1.29, 1.82) is 0 Å². The van der Waals surface area contributed by atoms with Gasteiger partial charge >= 0.3 is 5.69 Å². The lowest BCUT2D eigenvalue weighted by Crippen LogP contribution is -2.26. The fourth-order valence-corrected chi connectivity index (χ4v) is 1.60. The molecule has 0 spiro atoms. The molecule has 0 aliphatic heterocycles. The molecule has 8 nitrogen and oxygen atoms in total. The summed E-state index contributed by atoms with van der Waals surface area (Å²) in [5.74, 6) is -1.57. The first kappa shape index (κ1) is 15.2. The highest BCUT2D eigenvalue weighted by atomic mass is 19.1. The Morgan fingerprint density at radius 2 is 1.95 bits per heavy atom. The van der Waals surface area contributed by atoms with Gasteiger partial charge in [0.1, 0.15) is 11.4 Å². The molecule has 0 saturated carbocycles. The minimum absolute atomic E-state index is 0.0361. The average molecular weight is 306 g/mol. The Balaban J connectivity index is 2.00. The maximum atomic E-state index is 12.7. The highest BCUT2D eigenvalue weighted by molar-refractivity contribution is 5.84. The third-order valence-corrected chi connectivity index (χ3v) is 2.62. The van der Waals surface area contributed by atoms with Crippen LogP contribution in [0.1, 0.15) is 11.1 Å². The lowest BCUT2D eigenvalue weighted by atomic mass is 10.1. The van der Waals surface area contributed by atoms with Crippen molar-refractivity contribution in [2.24, 2.45) is 5.10 Å². The molecular weight excluding hydrogens is 295 g/mol. The van der Waals surface area contributed by atoms with Crippen molar-refractivity contribution in [2.75, 3.05) is 0 Å². The second-order valence-electron chi connectivity index (χ2n) is 4.27. The van der Waals surface area contributed by atoms with Crippen LogP contribution in [-0.4, -0.2) is 27.2 Å². The number of hydrazone groups is 1. The monoisotopic (exact) mass is 306 g/mol. The predicted molar refractivity (Wildman–Crippen MR) is 75.2 cm³/mol. The number of H-pyrrole nitrogens is 2. The zero-order valence-corrected chi connectivity index (χ0v) is 11.1. The first-order chi connectivity index (χ1) is 10.5. The molecule has 2 rings (SSSR count). The van der Waals surface area contributed by atoms with Crippen LogP contribution in [0.2, 0.25) is 0 Å². The number of amides is 1. The summed E-state index contributed by atoms with van der Waals surface area (Å²) in [4.78, 5) is 37.7. The Morgan fingerprint density at radius 3 is 2.59 bits per heavy atom. The minimum Gasteiger partial charge on any atom is -0.494 e. The van der Waals surface area contributed by atoms with Crippen molar-refractivity contribution < 1.29 is 14.3 Å². The van der Waals surface area contributed by atoms with E-state index in [0.29, 0.717) is 5.56 Å². The molecule has 0 unspecified atom stereocenters. The number of hydrogen-bond donors (Lipinski definition) is 4. The van der Waals surface area contributed by atoms with Crippen LogP contribution in [0.25, 0.3) is 0 Å². The molecule has 4 N–H and O–H groups in total. The molecule has 2 aromatic rings. The number of aromatic hydroxyl groups is 1. The van der Waals surface area contributed by atoms with Gasteiger partial charge in [-0.2, -0.15) is 5.10 Å². The lowest BCUT2D eigenvalue weighted by Gasteiger charge is -2.00. The minimum atomic E-state index is -0.861. The topological polar surface area (TPSA) is 127 Å². The summed E-state index contributed by atoms with van der Waals surface area (Å²) >= 11 is 0. The number of aromatic nitrogens is 2. The molecule has 9 heteroatoms. The number of nitrogens with zero attached hydrogens (tertiary/aromatic N) is 1. The van der Waals surface area contributed by atoms with Crippen LogP contribution in [0, 0.1) is 5.82 Å². The highest BCUT2D eigenvalue weighted by Gasteiger charge is 2.06. The van der Waals surface area contributed by atoms with Gasteiger partial charge in [0.25, 0.3) is 5.56 Å². The summed E-state index contributed by atoms with van der Waals surface area (Å²) in [7, 11) is 0. The average Bonchev–Trinajstić information content (AvgIpc) is 2.44. The van der Waals surface area contributed by atoms with Gasteiger partial charge in [0.15, 0.2) is 0 Å². The predicted octanol–water partition coefficient (Wildman–Crippen LogP) is -0.399. The first-order valence-electron chi connectivity index (χ1n) is 6.07. The fourth-order valence-electron chi connectivity index (χ4n) is 1.60. The Kier molecular flexibility index (Phi) is 4.47. The normalized spacial score (nSPS) is 10.8. The molecule has 1 aromatic heterocycles. The first-order valence-corrected chi connectivity index (χ1v) is 6.07. The lowest BCUT2D eigenvalue weighted by molar-refractivity contribution is -0.120. The van der Waals surface area contributed by atoms with E-state index in [9.17, 15) is 23.9 Å². The van der Waals surface area contributed by atoms with Crippen molar-refractivity contribution in [3.8, 4) is 5.88 Å². The number of aromatic amines is 2. The van der Waals surface area contributed by atoms with Gasteiger partial charge < -0.3 is 5.11 Å². The number of rotatable bonds is 4. The van der Waals surface area contributed by atoms with Crippen LogP contribution in [0.4, 0.5) is 4.39 Å². The van der Waals surface area contributed by atoms with Crippen LogP contribution in [0.5, 0.6) is 5.88 Å². The number of carbonyl (C=O) groups excluding carboxylic acids is 1. The largest absolute Gasteiger partial charge is 0.494 e.